The number of hydrogen-bond acceptors (Lipinski definition) is 3. The van der Waals surface area contributed by atoms with Crippen LogP contribution in [0, 0.1) is 18.6 Å². The molecule has 0 aliphatic carbocycles. The molecule has 1 N–H and O–H groups in total. The van der Waals surface area contributed by atoms with E-state index in [1.165, 1.54) is 0 Å². The van der Waals surface area contributed by atoms with Crippen LogP contribution in [0.1, 0.15) is 25.0 Å². The van der Waals surface area contributed by atoms with Crippen LogP contribution in [-0.4, -0.2) is 11.0 Å². The monoisotopic (exact) mass is 292 g/mol. The zero-order valence-corrected chi connectivity index (χ0v) is 12.3. The third-order valence-corrected chi connectivity index (χ3v) is 2.90. The fourth-order valence-electron chi connectivity index (χ4n) is 1.81. The third kappa shape index (κ3) is 4.23. The van der Waals surface area contributed by atoms with Gasteiger partial charge in [0.25, 0.3) is 0 Å². The van der Waals surface area contributed by atoms with Crippen molar-refractivity contribution in [1.82, 2.24) is 10.3 Å². The van der Waals surface area contributed by atoms with Gasteiger partial charge in [0.05, 0.1) is 0 Å². The largest absolute Gasteiger partial charge is 0.436 e. The maximum atomic E-state index is 13.5. The van der Waals surface area contributed by atoms with E-state index in [0.717, 1.165) is 29.3 Å². The Morgan fingerprint density at radius 1 is 1.24 bits per heavy atom. The van der Waals surface area contributed by atoms with E-state index in [4.69, 9.17) is 4.74 Å². The second-order valence-electron chi connectivity index (χ2n) is 5.18. The molecule has 0 amide bonds. The maximum absolute atomic E-state index is 13.5. The summed E-state index contributed by atoms with van der Waals surface area (Å²) in [5, 5.41) is 3.28. The first-order chi connectivity index (χ1) is 9.95. The molecule has 3 nitrogen and oxygen atoms in total. The zero-order chi connectivity index (χ0) is 15.4. The van der Waals surface area contributed by atoms with E-state index in [1.807, 2.05) is 13.0 Å². The van der Waals surface area contributed by atoms with Gasteiger partial charge >= 0.3 is 0 Å². The third-order valence-electron chi connectivity index (χ3n) is 2.90. The van der Waals surface area contributed by atoms with Crippen LogP contribution in [0.3, 0.4) is 0 Å². The fraction of sp³-hybridized carbons (Fsp3) is 0.312. The lowest BCUT2D eigenvalue weighted by atomic mass is 10.2. The van der Waals surface area contributed by atoms with E-state index >= 15 is 0 Å². The number of aryl methyl sites for hydroxylation is 1. The van der Waals surface area contributed by atoms with Gasteiger partial charge in [0.2, 0.25) is 5.88 Å². The van der Waals surface area contributed by atoms with Gasteiger partial charge in [0, 0.05) is 30.4 Å². The molecule has 0 saturated carbocycles. The molecular weight excluding hydrogens is 274 g/mol. The summed E-state index contributed by atoms with van der Waals surface area (Å²) in [6.07, 6.45) is 1.66. The van der Waals surface area contributed by atoms with E-state index in [1.54, 1.807) is 6.20 Å². The van der Waals surface area contributed by atoms with Crippen LogP contribution < -0.4 is 10.1 Å². The van der Waals surface area contributed by atoms with Crippen molar-refractivity contribution in [2.75, 3.05) is 0 Å². The molecule has 5 heteroatoms. The first-order valence-electron chi connectivity index (χ1n) is 6.77. The van der Waals surface area contributed by atoms with E-state index in [9.17, 15) is 8.78 Å². The Balaban J connectivity index is 2.15. The summed E-state index contributed by atoms with van der Waals surface area (Å²) in [7, 11) is 0. The average Bonchev–Trinajstić information content (AvgIpc) is 2.43. The Morgan fingerprint density at radius 2 is 2.00 bits per heavy atom. The fourth-order valence-corrected chi connectivity index (χ4v) is 1.81. The van der Waals surface area contributed by atoms with Crippen LogP contribution in [0.2, 0.25) is 0 Å². The highest BCUT2D eigenvalue weighted by Crippen LogP contribution is 2.26. The van der Waals surface area contributed by atoms with Crippen LogP contribution in [-0.2, 0) is 6.54 Å². The van der Waals surface area contributed by atoms with E-state index in [-0.39, 0.29) is 11.6 Å². The van der Waals surface area contributed by atoms with Gasteiger partial charge in [-0.3, -0.25) is 0 Å². The zero-order valence-electron chi connectivity index (χ0n) is 12.3. The smallest absolute Gasteiger partial charge is 0.222 e. The van der Waals surface area contributed by atoms with Crippen molar-refractivity contribution in [1.29, 1.82) is 0 Å². The molecule has 1 heterocycles. The van der Waals surface area contributed by atoms with Gasteiger partial charge in [-0.2, -0.15) is 0 Å². The standard InChI is InChI=1S/C16H18F2N2O/c1-10(2)19-8-12-6-11(3)16(20-9-12)21-15-7-13(17)4-5-14(15)18/h4-7,9-10,19H,8H2,1-3H3. The van der Waals surface area contributed by atoms with Crippen LogP contribution in [0.25, 0.3) is 0 Å². The molecular formula is C16H18F2N2O. The van der Waals surface area contributed by atoms with Crippen molar-refractivity contribution in [3.05, 3.63) is 53.2 Å². The Kier molecular flexibility index (Phi) is 4.85. The predicted molar refractivity (Wildman–Crippen MR) is 77.4 cm³/mol. The molecule has 1 aromatic heterocycles. The second-order valence-corrected chi connectivity index (χ2v) is 5.18. The maximum Gasteiger partial charge on any atom is 0.222 e. The summed E-state index contributed by atoms with van der Waals surface area (Å²) < 4.78 is 32.0. The highest BCUT2D eigenvalue weighted by atomic mass is 19.1. The molecule has 0 bridgehead atoms. The van der Waals surface area contributed by atoms with Gasteiger partial charge in [0.1, 0.15) is 5.82 Å². The molecule has 1 aromatic carbocycles. The molecule has 0 fully saturated rings. The van der Waals surface area contributed by atoms with Gasteiger partial charge in [0.15, 0.2) is 11.6 Å². The number of benzene rings is 1. The number of aromatic nitrogens is 1. The van der Waals surface area contributed by atoms with Crippen molar-refractivity contribution in [3.63, 3.8) is 0 Å². The molecule has 0 aliphatic rings. The number of rotatable bonds is 5. The van der Waals surface area contributed by atoms with Crippen LogP contribution in [0.15, 0.2) is 30.5 Å². The Bertz CT molecular complexity index is 630. The Labute approximate surface area is 123 Å². The number of nitrogens with zero attached hydrogens (tertiary/aromatic N) is 1. The SMILES string of the molecule is Cc1cc(CNC(C)C)cnc1Oc1cc(F)ccc1F. The molecule has 0 aliphatic heterocycles. The summed E-state index contributed by atoms with van der Waals surface area (Å²) in [5.41, 5.74) is 1.77. The summed E-state index contributed by atoms with van der Waals surface area (Å²) >= 11 is 0. The molecule has 2 aromatic rings. The molecule has 2 rings (SSSR count). The van der Waals surface area contributed by atoms with Gasteiger partial charge in [-0.25, -0.2) is 13.8 Å². The summed E-state index contributed by atoms with van der Waals surface area (Å²) in [5.74, 6) is -1.07. The van der Waals surface area contributed by atoms with Gasteiger partial charge in [-0.05, 0) is 30.7 Å². The summed E-state index contributed by atoms with van der Waals surface area (Å²) in [4.78, 5) is 4.17. The van der Waals surface area contributed by atoms with E-state index in [2.05, 4.69) is 24.1 Å². The lowest BCUT2D eigenvalue weighted by molar-refractivity contribution is 0.419. The van der Waals surface area contributed by atoms with Crippen molar-refractivity contribution < 1.29 is 13.5 Å². The van der Waals surface area contributed by atoms with Crippen molar-refractivity contribution in [2.45, 2.75) is 33.4 Å². The minimum absolute atomic E-state index is 0.168. The molecule has 0 atom stereocenters. The van der Waals surface area contributed by atoms with Gasteiger partial charge in [-0.1, -0.05) is 13.8 Å². The van der Waals surface area contributed by atoms with Gasteiger partial charge < -0.3 is 10.1 Å². The van der Waals surface area contributed by atoms with Crippen LogP contribution in [0.4, 0.5) is 8.78 Å². The molecule has 0 unspecified atom stereocenters. The molecule has 21 heavy (non-hydrogen) atoms. The number of pyridine rings is 1. The molecule has 0 saturated heterocycles. The Morgan fingerprint density at radius 3 is 2.67 bits per heavy atom. The van der Waals surface area contributed by atoms with Crippen molar-refractivity contribution in [2.24, 2.45) is 0 Å². The summed E-state index contributed by atoms with van der Waals surface area (Å²) in [6.45, 7) is 6.63. The van der Waals surface area contributed by atoms with Crippen molar-refractivity contribution >= 4 is 0 Å². The van der Waals surface area contributed by atoms with E-state index < -0.39 is 11.6 Å². The number of hydrogen-bond donors (Lipinski definition) is 1. The van der Waals surface area contributed by atoms with Crippen molar-refractivity contribution in [3.8, 4) is 11.6 Å². The first-order valence-corrected chi connectivity index (χ1v) is 6.77. The summed E-state index contributed by atoms with van der Waals surface area (Å²) in [6, 6.07) is 5.37. The normalized spacial score (nSPS) is 11.0. The minimum Gasteiger partial charge on any atom is -0.436 e. The average molecular weight is 292 g/mol. The Hall–Kier alpha value is -2.01. The molecule has 0 spiro atoms. The number of nitrogens with one attached hydrogen (secondary N) is 1. The lowest BCUT2D eigenvalue weighted by Crippen LogP contribution is -2.21. The molecule has 112 valence electrons. The van der Waals surface area contributed by atoms with Crippen LogP contribution >= 0.6 is 0 Å². The topological polar surface area (TPSA) is 34.2 Å². The highest BCUT2D eigenvalue weighted by Gasteiger charge is 2.10. The first kappa shape index (κ1) is 15.4. The second kappa shape index (κ2) is 6.63. The van der Waals surface area contributed by atoms with Gasteiger partial charge in [-0.15, -0.1) is 0 Å². The number of halogens is 2. The van der Waals surface area contributed by atoms with Crippen LogP contribution in [0.5, 0.6) is 11.6 Å². The minimum atomic E-state index is -0.622. The lowest BCUT2D eigenvalue weighted by Gasteiger charge is -2.11. The quantitative estimate of drug-likeness (QED) is 0.905. The molecule has 0 radical (unpaired) electrons. The highest BCUT2D eigenvalue weighted by molar-refractivity contribution is 5.34. The number of ether oxygens (including phenoxy) is 1. The van der Waals surface area contributed by atoms with E-state index in [0.29, 0.717) is 12.6 Å². The predicted octanol–water partition coefficient (Wildman–Crippen LogP) is 3.96.